The molecule has 0 aliphatic rings. The zero-order valence-corrected chi connectivity index (χ0v) is 19.2. The van der Waals surface area contributed by atoms with Gasteiger partial charge in [-0.15, -0.1) is 16.8 Å². The standard InChI is InChI=1S/C24H28N4O3S/c1-4-6-16-31-21-11-7-18(8-12-21)23-26-27-24(28(23)15-5-2)32-17-22(29)25-19-9-13-20(30-3)14-10-19/h5,7-14H,2,4,6,15-17H2,1,3H3,(H,25,29). The van der Waals surface area contributed by atoms with Crippen LogP contribution in [-0.4, -0.2) is 40.1 Å². The number of nitrogens with one attached hydrogen (secondary N) is 1. The molecule has 1 N–H and O–H groups in total. The molecular formula is C24H28N4O3S. The second kappa shape index (κ2) is 12.0. The number of thioether (sulfide) groups is 1. The van der Waals surface area contributed by atoms with E-state index in [0.717, 1.165) is 35.7 Å². The first kappa shape index (κ1) is 23.4. The lowest BCUT2D eigenvalue weighted by molar-refractivity contribution is -0.113. The minimum Gasteiger partial charge on any atom is -0.497 e. The number of ether oxygens (including phenoxy) is 2. The third-order valence-electron chi connectivity index (χ3n) is 4.61. The van der Waals surface area contributed by atoms with Crippen molar-refractivity contribution >= 4 is 23.4 Å². The molecule has 0 fully saturated rings. The summed E-state index contributed by atoms with van der Waals surface area (Å²) in [6.07, 6.45) is 3.92. The zero-order valence-electron chi connectivity index (χ0n) is 18.4. The second-order valence-electron chi connectivity index (χ2n) is 7.00. The molecule has 0 saturated carbocycles. The van der Waals surface area contributed by atoms with Crippen molar-refractivity contribution in [3.8, 4) is 22.9 Å². The van der Waals surface area contributed by atoms with E-state index in [-0.39, 0.29) is 11.7 Å². The number of amides is 1. The summed E-state index contributed by atoms with van der Waals surface area (Å²) in [7, 11) is 1.60. The maximum atomic E-state index is 12.4. The number of aromatic nitrogens is 3. The summed E-state index contributed by atoms with van der Waals surface area (Å²) >= 11 is 1.33. The summed E-state index contributed by atoms with van der Waals surface area (Å²) in [5.74, 6) is 2.39. The Labute approximate surface area is 192 Å². The van der Waals surface area contributed by atoms with Crippen LogP contribution in [0.1, 0.15) is 19.8 Å². The van der Waals surface area contributed by atoms with E-state index in [1.807, 2.05) is 28.8 Å². The molecule has 168 valence electrons. The Bertz CT molecular complexity index is 1020. The molecule has 0 spiro atoms. The lowest BCUT2D eigenvalue weighted by Gasteiger charge is -2.09. The van der Waals surface area contributed by atoms with Crippen molar-refractivity contribution in [1.82, 2.24) is 14.8 Å². The first-order valence-corrected chi connectivity index (χ1v) is 11.5. The molecule has 1 amide bonds. The van der Waals surface area contributed by atoms with Gasteiger partial charge in [0.2, 0.25) is 5.91 Å². The van der Waals surface area contributed by atoms with Crippen LogP contribution in [0.2, 0.25) is 0 Å². The van der Waals surface area contributed by atoms with Crippen LogP contribution in [0.4, 0.5) is 5.69 Å². The van der Waals surface area contributed by atoms with Gasteiger partial charge in [-0.25, -0.2) is 0 Å². The number of hydrogen-bond donors (Lipinski definition) is 1. The zero-order chi connectivity index (χ0) is 22.8. The second-order valence-corrected chi connectivity index (χ2v) is 7.94. The average Bonchev–Trinajstić information content (AvgIpc) is 3.21. The average molecular weight is 453 g/mol. The number of methoxy groups -OCH3 is 1. The van der Waals surface area contributed by atoms with Gasteiger partial charge in [-0.3, -0.25) is 9.36 Å². The van der Waals surface area contributed by atoms with Crippen molar-refractivity contribution in [3.63, 3.8) is 0 Å². The molecule has 3 aromatic rings. The van der Waals surface area contributed by atoms with Crippen molar-refractivity contribution in [2.24, 2.45) is 0 Å². The lowest BCUT2D eigenvalue weighted by atomic mass is 10.2. The van der Waals surface area contributed by atoms with E-state index in [1.165, 1.54) is 11.8 Å². The predicted octanol–water partition coefficient (Wildman–Crippen LogP) is 5.05. The third-order valence-corrected chi connectivity index (χ3v) is 5.58. The van der Waals surface area contributed by atoms with Gasteiger partial charge in [-0.2, -0.15) is 0 Å². The van der Waals surface area contributed by atoms with Crippen LogP contribution in [0.15, 0.2) is 66.3 Å². The number of allylic oxidation sites excluding steroid dienone is 1. The number of anilines is 1. The van der Waals surface area contributed by atoms with Crippen LogP contribution in [0.25, 0.3) is 11.4 Å². The quantitative estimate of drug-likeness (QED) is 0.235. The first-order valence-electron chi connectivity index (χ1n) is 10.5. The number of carbonyl (C=O) groups excluding carboxylic acids is 1. The lowest BCUT2D eigenvalue weighted by Crippen LogP contribution is -2.14. The Morgan fingerprint density at radius 2 is 1.84 bits per heavy atom. The van der Waals surface area contributed by atoms with Gasteiger partial charge in [-0.1, -0.05) is 31.2 Å². The van der Waals surface area contributed by atoms with E-state index in [0.29, 0.717) is 24.0 Å². The molecule has 0 aliphatic carbocycles. The highest BCUT2D eigenvalue weighted by molar-refractivity contribution is 7.99. The SMILES string of the molecule is C=CCn1c(SCC(=O)Nc2ccc(OC)cc2)nnc1-c1ccc(OCCCC)cc1. The molecule has 1 heterocycles. The normalized spacial score (nSPS) is 10.6. The molecule has 0 aliphatic heterocycles. The summed E-state index contributed by atoms with van der Waals surface area (Å²) in [5, 5.41) is 12.2. The maximum Gasteiger partial charge on any atom is 0.234 e. The third kappa shape index (κ3) is 6.37. The van der Waals surface area contributed by atoms with Crippen LogP contribution in [0, 0.1) is 0 Å². The van der Waals surface area contributed by atoms with Crippen molar-refractivity contribution in [2.75, 3.05) is 24.8 Å². The van der Waals surface area contributed by atoms with Gasteiger partial charge in [-0.05, 0) is 55.0 Å². The molecule has 0 unspecified atom stereocenters. The highest BCUT2D eigenvalue weighted by Crippen LogP contribution is 2.26. The highest BCUT2D eigenvalue weighted by Gasteiger charge is 2.15. The van der Waals surface area contributed by atoms with Crippen molar-refractivity contribution in [2.45, 2.75) is 31.5 Å². The van der Waals surface area contributed by atoms with E-state index in [2.05, 4.69) is 29.0 Å². The molecule has 0 atom stereocenters. The molecule has 0 radical (unpaired) electrons. The summed E-state index contributed by atoms with van der Waals surface area (Å²) in [4.78, 5) is 12.4. The van der Waals surface area contributed by atoms with E-state index in [9.17, 15) is 4.79 Å². The Balaban J connectivity index is 1.64. The minimum atomic E-state index is -0.122. The van der Waals surface area contributed by atoms with Gasteiger partial charge in [0.05, 0.1) is 19.5 Å². The fraction of sp³-hybridized carbons (Fsp3) is 0.292. The number of benzene rings is 2. The largest absolute Gasteiger partial charge is 0.497 e. The summed E-state index contributed by atoms with van der Waals surface area (Å²) in [5.41, 5.74) is 1.64. The number of hydrogen-bond acceptors (Lipinski definition) is 6. The molecule has 2 aromatic carbocycles. The smallest absolute Gasteiger partial charge is 0.234 e. The van der Waals surface area contributed by atoms with Gasteiger partial charge in [0.1, 0.15) is 11.5 Å². The number of rotatable bonds is 12. The number of unbranched alkanes of at least 4 members (excludes halogenated alkanes) is 1. The van der Waals surface area contributed by atoms with Crippen molar-refractivity contribution < 1.29 is 14.3 Å². The van der Waals surface area contributed by atoms with Gasteiger partial charge in [0.15, 0.2) is 11.0 Å². The van der Waals surface area contributed by atoms with Crippen LogP contribution in [0.3, 0.4) is 0 Å². The summed E-state index contributed by atoms with van der Waals surface area (Å²) in [6, 6.07) is 15.0. The topological polar surface area (TPSA) is 78.3 Å². The van der Waals surface area contributed by atoms with Crippen LogP contribution < -0.4 is 14.8 Å². The summed E-state index contributed by atoms with van der Waals surface area (Å²) < 4.78 is 12.8. The van der Waals surface area contributed by atoms with E-state index in [1.54, 1.807) is 37.5 Å². The summed E-state index contributed by atoms with van der Waals surface area (Å²) in [6.45, 7) is 7.22. The van der Waals surface area contributed by atoms with Crippen molar-refractivity contribution in [1.29, 1.82) is 0 Å². The molecule has 7 nitrogen and oxygen atoms in total. The number of nitrogens with zero attached hydrogens (tertiary/aromatic N) is 3. The molecule has 0 bridgehead atoms. The highest BCUT2D eigenvalue weighted by atomic mass is 32.2. The van der Waals surface area contributed by atoms with Gasteiger partial charge in [0, 0.05) is 17.8 Å². The first-order chi connectivity index (χ1) is 15.6. The minimum absolute atomic E-state index is 0.122. The predicted molar refractivity (Wildman–Crippen MR) is 128 cm³/mol. The Morgan fingerprint density at radius 3 is 2.50 bits per heavy atom. The van der Waals surface area contributed by atoms with E-state index in [4.69, 9.17) is 9.47 Å². The Morgan fingerprint density at radius 1 is 1.12 bits per heavy atom. The molecule has 1 aromatic heterocycles. The van der Waals surface area contributed by atoms with E-state index < -0.39 is 0 Å². The molecule has 0 saturated heterocycles. The van der Waals surface area contributed by atoms with Crippen LogP contribution in [0.5, 0.6) is 11.5 Å². The molecule has 32 heavy (non-hydrogen) atoms. The maximum absolute atomic E-state index is 12.4. The molecule has 3 rings (SSSR count). The molecule has 8 heteroatoms. The number of carbonyl (C=O) groups is 1. The van der Waals surface area contributed by atoms with Gasteiger partial charge in [0.25, 0.3) is 0 Å². The van der Waals surface area contributed by atoms with Gasteiger partial charge >= 0.3 is 0 Å². The Kier molecular flexibility index (Phi) is 8.74. The Hall–Kier alpha value is -3.26. The van der Waals surface area contributed by atoms with Crippen molar-refractivity contribution in [3.05, 3.63) is 61.2 Å². The monoisotopic (exact) mass is 452 g/mol. The van der Waals surface area contributed by atoms with Gasteiger partial charge < -0.3 is 14.8 Å². The van der Waals surface area contributed by atoms with Crippen LogP contribution >= 0.6 is 11.8 Å². The fourth-order valence-electron chi connectivity index (χ4n) is 2.94. The van der Waals surface area contributed by atoms with E-state index >= 15 is 0 Å². The van der Waals surface area contributed by atoms with Crippen LogP contribution in [-0.2, 0) is 11.3 Å². The fourth-order valence-corrected chi connectivity index (χ4v) is 3.69. The molecular weight excluding hydrogens is 424 g/mol.